The summed E-state index contributed by atoms with van der Waals surface area (Å²) < 4.78 is 28.8. The number of rotatable bonds is 12. The number of halogens is 2. The van der Waals surface area contributed by atoms with Crippen molar-refractivity contribution in [3.8, 4) is 0 Å². The molecule has 0 heterocycles. The number of amides is 2. The van der Waals surface area contributed by atoms with Gasteiger partial charge in [-0.15, -0.1) is 0 Å². The molecule has 0 saturated carbocycles. The van der Waals surface area contributed by atoms with Crippen molar-refractivity contribution in [1.29, 1.82) is 0 Å². The van der Waals surface area contributed by atoms with Gasteiger partial charge in [-0.1, -0.05) is 72.9 Å². The molecule has 0 spiro atoms. The van der Waals surface area contributed by atoms with Gasteiger partial charge in [-0.25, -0.2) is 8.42 Å². The van der Waals surface area contributed by atoms with Crippen molar-refractivity contribution in [3.63, 3.8) is 0 Å². The van der Waals surface area contributed by atoms with Gasteiger partial charge in [-0.05, 0) is 67.8 Å². The number of benzene rings is 3. The minimum Gasteiger partial charge on any atom is -0.354 e. The minimum absolute atomic E-state index is 0.0314. The van der Waals surface area contributed by atoms with E-state index in [4.69, 9.17) is 23.2 Å². The zero-order chi connectivity index (χ0) is 28.6. The lowest BCUT2D eigenvalue weighted by Gasteiger charge is -2.32. The van der Waals surface area contributed by atoms with E-state index in [-0.39, 0.29) is 23.0 Å². The molecular weight excluding hydrogens is 557 g/mol. The third kappa shape index (κ3) is 7.75. The Bertz CT molecular complexity index is 1400. The molecule has 0 saturated heterocycles. The van der Waals surface area contributed by atoms with Crippen LogP contribution in [0.1, 0.15) is 37.8 Å². The molecule has 0 aromatic heterocycles. The van der Waals surface area contributed by atoms with E-state index < -0.39 is 28.5 Å². The van der Waals surface area contributed by atoms with Crippen LogP contribution in [0.2, 0.25) is 10.0 Å². The maximum atomic E-state index is 13.9. The highest BCUT2D eigenvalue weighted by Gasteiger charge is 2.33. The standard InChI is InChI=1S/C29H33Cl2N3O4S/c1-4-5-17-32-29(36)22(3)33(19-23-11-9-12-24(30)18-23)28(35)20-34(27-16-10-15-26(31)21(27)2)39(37,38)25-13-7-6-8-14-25/h6-16,18,22H,4-5,17,19-20H2,1-3H3,(H,32,36)/t22-/m1/s1. The number of carbonyl (C=O) groups excluding carboxylic acids is 2. The normalized spacial score (nSPS) is 12.0. The van der Waals surface area contributed by atoms with Crippen LogP contribution in [0.3, 0.4) is 0 Å². The predicted molar refractivity (Wildman–Crippen MR) is 157 cm³/mol. The van der Waals surface area contributed by atoms with Crippen molar-refractivity contribution in [1.82, 2.24) is 10.2 Å². The van der Waals surface area contributed by atoms with E-state index in [0.717, 1.165) is 17.1 Å². The molecule has 7 nitrogen and oxygen atoms in total. The van der Waals surface area contributed by atoms with Gasteiger partial charge < -0.3 is 10.2 Å². The Morgan fingerprint density at radius 1 is 0.974 bits per heavy atom. The van der Waals surface area contributed by atoms with E-state index in [2.05, 4.69) is 5.32 Å². The molecule has 1 N–H and O–H groups in total. The number of hydrogen-bond acceptors (Lipinski definition) is 4. The summed E-state index contributed by atoms with van der Waals surface area (Å²) in [5.74, 6) is -0.873. The predicted octanol–water partition coefficient (Wildman–Crippen LogP) is 5.83. The van der Waals surface area contributed by atoms with Crippen LogP contribution >= 0.6 is 23.2 Å². The van der Waals surface area contributed by atoms with Crippen LogP contribution in [0.15, 0.2) is 77.7 Å². The van der Waals surface area contributed by atoms with Crippen LogP contribution in [-0.4, -0.2) is 44.3 Å². The lowest BCUT2D eigenvalue weighted by molar-refractivity contribution is -0.139. The molecule has 0 radical (unpaired) electrons. The van der Waals surface area contributed by atoms with E-state index in [1.807, 2.05) is 6.92 Å². The zero-order valence-electron chi connectivity index (χ0n) is 22.2. The Kier molecular flexibility index (Phi) is 10.8. The summed E-state index contributed by atoms with van der Waals surface area (Å²) in [6, 6.07) is 18.9. The van der Waals surface area contributed by atoms with Gasteiger partial charge in [-0.2, -0.15) is 0 Å². The first-order valence-corrected chi connectivity index (χ1v) is 14.9. The van der Waals surface area contributed by atoms with E-state index >= 15 is 0 Å². The smallest absolute Gasteiger partial charge is 0.264 e. The molecule has 39 heavy (non-hydrogen) atoms. The van der Waals surface area contributed by atoms with Crippen molar-refractivity contribution in [2.24, 2.45) is 0 Å². The summed E-state index contributed by atoms with van der Waals surface area (Å²) in [6.07, 6.45) is 1.71. The largest absolute Gasteiger partial charge is 0.354 e. The topological polar surface area (TPSA) is 86.8 Å². The Morgan fingerprint density at radius 2 is 1.67 bits per heavy atom. The van der Waals surface area contributed by atoms with Gasteiger partial charge in [0.25, 0.3) is 10.0 Å². The molecule has 0 unspecified atom stereocenters. The number of nitrogens with zero attached hydrogens (tertiary/aromatic N) is 2. The quantitative estimate of drug-likeness (QED) is 0.269. The lowest BCUT2D eigenvalue weighted by Crippen LogP contribution is -2.51. The first kappa shape index (κ1) is 30.5. The molecule has 208 valence electrons. The van der Waals surface area contributed by atoms with Gasteiger partial charge in [0.1, 0.15) is 12.6 Å². The summed E-state index contributed by atoms with van der Waals surface area (Å²) in [4.78, 5) is 28.4. The van der Waals surface area contributed by atoms with Gasteiger partial charge >= 0.3 is 0 Å². The maximum absolute atomic E-state index is 13.9. The average Bonchev–Trinajstić information content (AvgIpc) is 2.92. The highest BCUT2D eigenvalue weighted by molar-refractivity contribution is 7.92. The highest BCUT2D eigenvalue weighted by atomic mass is 35.5. The van der Waals surface area contributed by atoms with Crippen molar-refractivity contribution in [3.05, 3.63) is 94.0 Å². The molecule has 0 aliphatic rings. The van der Waals surface area contributed by atoms with Gasteiger partial charge in [0.15, 0.2) is 0 Å². The fraction of sp³-hybridized carbons (Fsp3) is 0.310. The van der Waals surface area contributed by atoms with Crippen LogP contribution in [0.25, 0.3) is 0 Å². The zero-order valence-corrected chi connectivity index (χ0v) is 24.6. The van der Waals surface area contributed by atoms with E-state index in [0.29, 0.717) is 27.7 Å². The van der Waals surface area contributed by atoms with E-state index in [1.54, 1.807) is 74.5 Å². The first-order valence-electron chi connectivity index (χ1n) is 12.7. The molecule has 0 fully saturated rings. The summed E-state index contributed by atoms with van der Waals surface area (Å²) in [5, 5.41) is 3.72. The summed E-state index contributed by atoms with van der Waals surface area (Å²) in [5.41, 5.74) is 1.50. The number of hydrogen-bond donors (Lipinski definition) is 1. The molecule has 3 aromatic rings. The van der Waals surface area contributed by atoms with Gasteiger partial charge in [0, 0.05) is 23.1 Å². The number of anilines is 1. The van der Waals surface area contributed by atoms with Gasteiger partial charge in [-0.3, -0.25) is 13.9 Å². The number of unbranched alkanes of at least 4 members (excludes halogenated alkanes) is 1. The molecule has 0 aliphatic carbocycles. The molecule has 0 bridgehead atoms. The average molecular weight is 591 g/mol. The third-order valence-corrected chi connectivity index (χ3v) is 8.78. The molecule has 3 aromatic carbocycles. The number of carbonyl (C=O) groups is 2. The van der Waals surface area contributed by atoms with Crippen molar-refractivity contribution in [2.75, 3.05) is 17.4 Å². The second kappa shape index (κ2) is 13.8. The van der Waals surface area contributed by atoms with Crippen LogP contribution in [0.4, 0.5) is 5.69 Å². The minimum atomic E-state index is -4.16. The summed E-state index contributed by atoms with van der Waals surface area (Å²) in [6.45, 7) is 5.36. The molecule has 1 atom stereocenters. The Labute approximate surface area is 240 Å². The maximum Gasteiger partial charge on any atom is 0.264 e. The number of nitrogens with one attached hydrogen (secondary N) is 1. The van der Waals surface area contributed by atoms with Crippen LogP contribution in [-0.2, 0) is 26.2 Å². The lowest BCUT2D eigenvalue weighted by atomic mass is 10.1. The Hall–Kier alpha value is -3.07. The second-order valence-electron chi connectivity index (χ2n) is 9.18. The van der Waals surface area contributed by atoms with Gasteiger partial charge in [0.05, 0.1) is 10.6 Å². The Balaban J connectivity index is 2.03. The molecule has 2 amide bonds. The van der Waals surface area contributed by atoms with Crippen molar-refractivity contribution >= 4 is 50.7 Å². The van der Waals surface area contributed by atoms with Gasteiger partial charge in [0.2, 0.25) is 11.8 Å². The monoisotopic (exact) mass is 589 g/mol. The van der Waals surface area contributed by atoms with Crippen LogP contribution < -0.4 is 9.62 Å². The van der Waals surface area contributed by atoms with Crippen molar-refractivity contribution in [2.45, 2.75) is 51.1 Å². The summed E-state index contributed by atoms with van der Waals surface area (Å²) >= 11 is 12.5. The fourth-order valence-electron chi connectivity index (χ4n) is 4.05. The first-order chi connectivity index (χ1) is 18.6. The summed E-state index contributed by atoms with van der Waals surface area (Å²) in [7, 11) is -4.16. The molecule has 3 rings (SSSR count). The molecule has 0 aliphatic heterocycles. The second-order valence-corrected chi connectivity index (χ2v) is 11.9. The fourth-order valence-corrected chi connectivity index (χ4v) is 5.93. The van der Waals surface area contributed by atoms with Crippen LogP contribution in [0, 0.1) is 6.92 Å². The highest BCUT2D eigenvalue weighted by Crippen LogP contribution is 2.31. The Morgan fingerprint density at radius 3 is 2.33 bits per heavy atom. The van der Waals surface area contributed by atoms with Crippen LogP contribution in [0.5, 0.6) is 0 Å². The number of sulfonamides is 1. The van der Waals surface area contributed by atoms with E-state index in [9.17, 15) is 18.0 Å². The molecule has 10 heteroatoms. The third-order valence-electron chi connectivity index (χ3n) is 6.36. The van der Waals surface area contributed by atoms with Crippen molar-refractivity contribution < 1.29 is 18.0 Å². The SMILES string of the molecule is CCCCNC(=O)[C@@H](C)N(Cc1cccc(Cl)c1)C(=O)CN(c1cccc(Cl)c1C)S(=O)(=O)c1ccccc1. The molecular formula is C29H33Cl2N3O4S. The van der Waals surface area contributed by atoms with E-state index in [1.165, 1.54) is 17.0 Å².